The number of morpholine rings is 1. The van der Waals surface area contributed by atoms with Crippen molar-refractivity contribution in [3.8, 4) is 5.75 Å². The SMILES string of the molecule is COc1cccc2[nH]c(C(=O)N[C@H]3CC(C)N([C@@H](C[C@@H]4CCNC4=O)C(=O)CN4CCOCC4)C3=O)cc12. The molecule has 4 heterocycles. The molecule has 3 N–H and O–H groups in total. The van der Waals surface area contributed by atoms with Gasteiger partial charge < -0.3 is 30.0 Å². The van der Waals surface area contributed by atoms with E-state index in [0.29, 0.717) is 57.1 Å². The second-order valence-electron chi connectivity index (χ2n) is 10.3. The lowest BCUT2D eigenvalue weighted by Crippen LogP contribution is -2.53. The highest BCUT2D eigenvalue weighted by molar-refractivity contribution is 6.02. The first kappa shape index (κ1) is 26.2. The molecule has 11 heteroatoms. The van der Waals surface area contributed by atoms with Crippen LogP contribution >= 0.6 is 0 Å². The quantitative estimate of drug-likeness (QED) is 0.439. The normalized spacial score (nSPS) is 25.0. The summed E-state index contributed by atoms with van der Waals surface area (Å²) in [5, 5.41) is 6.47. The number of aromatic amines is 1. The number of nitrogens with zero attached hydrogens (tertiary/aromatic N) is 2. The van der Waals surface area contributed by atoms with Gasteiger partial charge in [0.15, 0.2) is 5.78 Å². The minimum Gasteiger partial charge on any atom is -0.496 e. The van der Waals surface area contributed by atoms with Gasteiger partial charge >= 0.3 is 0 Å². The van der Waals surface area contributed by atoms with Crippen molar-refractivity contribution in [3.63, 3.8) is 0 Å². The monoisotopic (exact) mass is 525 g/mol. The molecular formula is C27H35N5O6. The number of nitrogens with one attached hydrogen (secondary N) is 3. The molecule has 3 fully saturated rings. The zero-order valence-electron chi connectivity index (χ0n) is 21.8. The highest BCUT2D eigenvalue weighted by Crippen LogP contribution is 2.29. The van der Waals surface area contributed by atoms with Crippen LogP contribution in [0.15, 0.2) is 24.3 Å². The number of H-pyrrole nitrogens is 1. The van der Waals surface area contributed by atoms with Gasteiger partial charge in [0.05, 0.1) is 32.9 Å². The number of carbonyl (C=O) groups excluding carboxylic acids is 4. The van der Waals surface area contributed by atoms with Crippen LogP contribution < -0.4 is 15.4 Å². The van der Waals surface area contributed by atoms with Gasteiger partial charge in [-0.3, -0.25) is 24.1 Å². The van der Waals surface area contributed by atoms with Gasteiger partial charge in [-0.05, 0) is 44.4 Å². The number of methoxy groups -OCH3 is 1. The van der Waals surface area contributed by atoms with Crippen molar-refractivity contribution in [2.24, 2.45) is 5.92 Å². The van der Waals surface area contributed by atoms with Gasteiger partial charge in [-0.2, -0.15) is 0 Å². The molecule has 3 amide bonds. The zero-order chi connectivity index (χ0) is 26.8. The van der Waals surface area contributed by atoms with Gasteiger partial charge in [-0.15, -0.1) is 0 Å². The van der Waals surface area contributed by atoms with Crippen LogP contribution in [-0.2, 0) is 19.1 Å². The first-order valence-corrected chi connectivity index (χ1v) is 13.2. The van der Waals surface area contributed by atoms with Crippen LogP contribution in [0.4, 0.5) is 0 Å². The summed E-state index contributed by atoms with van der Waals surface area (Å²) in [5.41, 5.74) is 1.08. The van der Waals surface area contributed by atoms with Gasteiger partial charge in [-0.1, -0.05) is 6.07 Å². The molecule has 3 saturated heterocycles. The Balaban J connectivity index is 1.32. The predicted molar refractivity (Wildman–Crippen MR) is 139 cm³/mol. The number of aromatic nitrogens is 1. The summed E-state index contributed by atoms with van der Waals surface area (Å²) in [6.45, 7) is 5.10. The number of benzene rings is 1. The van der Waals surface area contributed by atoms with Crippen molar-refractivity contribution in [2.45, 2.75) is 44.3 Å². The van der Waals surface area contributed by atoms with Gasteiger partial charge in [0.25, 0.3) is 5.91 Å². The molecule has 204 valence electrons. The molecule has 11 nitrogen and oxygen atoms in total. The summed E-state index contributed by atoms with van der Waals surface area (Å²) in [7, 11) is 1.57. The summed E-state index contributed by atoms with van der Waals surface area (Å²) >= 11 is 0. The summed E-state index contributed by atoms with van der Waals surface area (Å²) < 4.78 is 10.8. The first-order chi connectivity index (χ1) is 18.4. The highest BCUT2D eigenvalue weighted by atomic mass is 16.5. The molecule has 4 atom stereocenters. The summed E-state index contributed by atoms with van der Waals surface area (Å²) in [5.74, 6) is -0.523. The lowest BCUT2D eigenvalue weighted by Gasteiger charge is -2.34. The fourth-order valence-corrected chi connectivity index (χ4v) is 5.82. The van der Waals surface area contributed by atoms with Gasteiger partial charge in [0.1, 0.15) is 17.5 Å². The minimum atomic E-state index is -0.762. The smallest absolute Gasteiger partial charge is 0.268 e. The van der Waals surface area contributed by atoms with E-state index in [-0.39, 0.29) is 42.5 Å². The fourth-order valence-electron chi connectivity index (χ4n) is 5.82. The number of carbonyl (C=O) groups is 4. The summed E-state index contributed by atoms with van der Waals surface area (Å²) in [6.07, 6.45) is 1.31. The molecular weight excluding hydrogens is 490 g/mol. The Morgan fingerprint density at radius 3 is 2.74 bits per heavy atom. The van der Waals surface area contributed by atoms with Crippen molar-refractivity contribution < 1.29 is 28.7 Å². The van der Waals surface area contributed by atoms with E-state index in [9.17, 15) is 19.2 Å². The topological polar surface area (TPSA) is 133 Å². The van der Waals surface area contributed by atoms with E-state index < -0.39 is 18.0 Å². The molecule has 38 heavy (non-hydrogen) atoms. The number of hydrogen-bond acceptors (Lipinski definition) is 7. The second kappa shape index (κ2) is 11.1. The van der Waals surface area contributed by atoms with Crippen molar-refractivity contribution in [1.29, 1.82) is 0 Å². The maximum Gasteiger partial charge on any atom is 0.268 e. The molecule has 1 unspecified atom stereocenters. The average molecular weight is 526 g/mol. The maximum atomic E-state index is 13.6. The molecule has 0 bridgehead atoms. The van der Waals surface area contributed by atoms with E-state index in [1.165, 1.54) is 0 Å². The second-order valence-corrected chi connectivity index (χ2v) is 10.3. The number of likely N-dealkylation sites (tertiary alicyclic amines) is 1. The van der Waals surface area contributed by atoms with Crippen LogP contribution in [-0.4, -0.2) is 103 Å². The molecule has 3 aliphatic heterocycles. The molecule has 0 aliphatic carbocycles. The average Bonchev–Trinajstić information content (AvgIpc) is 3.60. The van der Waals surface area contributed by atoms with Crippen LogP contribution in [0.1, 0.15) is 36.7 Å². The number of hydrogen-bond donors (Lipinski definition) is 3. The molecule has 3 aliphatic rings. The molecule has 5 rings (SSSR count). The van der Waals surface area contributed by atoms with Crippen LogP contribution in [0.3, 0.4) is 0 Å². The van der Waals surface area contributed by atoms with Crippen molar-refractivity contribution in [1.82, 2.24) is 25.4 Å². The van der Waals surface area contributed by atoms with Crippen LogP contribution in [0.5, 0.6) is 5.75 Å². The van der Waals surface area contributed by atoms with E-state index in [0.717, 1.165) is 10.9 Å². The van der Waals surface area contributed by atoms with Gasteiger partial charge in [0.2, 0.25) is 11.8 Å². The van der Waals surface area contributed by atoms with Crippen molar-refractivity contribution >= 4 is 34.4 Å². The Hall–Kier alpha value is -3.44. The van der Waals surface area contributed by atoms with E-state index in [2.05, 4.69) is 15.6 Å². The number of fused-ring (bicyclic) bond motifs is 1. The van der Waals surface area contributed by atoms with Gasteiger partial charge in [0, 0.05) is 42.5 Å². The number of Topliss-reactive ketones (excluding diaryl/α,β-unsaturated/α-hetero) is 1. The Morgan fingerprint density at radius 1 is 1.24 bits per heavy atom. The first-order valence-electron chi connectivity index (χ1n) is 13.2. The zero-order valence-corrected chi connectivity index (χ0v) is 21.8. The number of rotatable bonds is 9. The minimum absolute atomic E-state index is 0.0763. The lowest BCUT2D eigenvalue weighted by molar-refractivity contribution is -0.141. The van der Waals surface area contributed by atoms with Crippen LogP contribution in [0.25, 0.3) is 10.9 Å². The van der Waals surface area contributed by atoms with Gasteiger partial charge in [-0.25, -0.2) is 0 Å². The van der Waals surface area contributed by atoms with Crippen molar-refractivity contribution in [2.75, 3.05) is 46.5 Å². The Kier molecular flexibility index (Phi) is 7.66. The van der Waals surface area contributed by atoms with E-state index in [1.54, 1.807) is 18.1 Å². The number of amides is 3. The maximum absolute atomic E-state index is 13.6. The largest absolute Gasteiger partial charge is 0.496 e. The molecule has 2 aromatic rings. The molecule has 0 spiro atoms. The van der Waals surface area contributed by atoms with Crippen LogP contribution in [0, 0.1) is 5.92 Å². The lowest BCUT2D eigenvalue weighted by atomic mass is 9.94. The number of ether oxygens (including phenoxy) is 2. The molecule has 1 aromatic carbocycles. The Morgan fingerprint density at radius 2 is 2.03 bits per heavy atom. The molecule has 0 radical (unpaired) electrons. The fraction of sp³-hybridized carbons (Fsp3) is 0.556. The van der Waals surface area contributed by atoms with Crippen molar-refractivity contribution in [3.05, 3.63) is 30.0 Å². The predicted octanol–water partition coefficient (Wildman–Crippen LogP) is 0.692. The Labute approximate surface area is 221 Å². The third-order valence-corrected chi connectivity index (χ3v) is 7.86. The third-order valence-electron chi connectivity index (χ3n) is 7.86. The van der Waals surface area contributed by atoms with E-state index >= 15 is 0 Å². The van der Waals surface area contributed by atoms with E-state index in [4.69, 9.17) is 9.47 Å². The summed E-state index contributed by atoms with van der Waals surface area (Å²) in [4.78, 5) is 59.4. The standard InChI is InChI=1S/C27H35N5O6/c1-16-12-21(30-26(35)20-14-18-19(29-20)4-3-5-24(18)37-2)27(36)32(16)22(13-17-6-7-28-25(17)34)23(33)15-31-8-10-38-11-9-31/h3-5,14,16-17,21-22,29H,6-13,15H2,1-2H3,(H,28,34)(H,30,35)/t16?,17-,21-,22-/m0/s1. The highest BCUT2D eigenvalue weighted by Gasteiger charge is 2.45. The molecule has 0 saturated carbocycles. The third kappa shape index (κ3) is 5.25. The molecule has 1 aromatic heterocycles. The number of ketones is 1. The Bertz CT molecular complexity index is 1220. The van der Waals surface area contributed by atoms with Crippen LogP contribution in [0.2, 0.25) is 0 Å². The summed E-state index contributed by atoms with van der Waals surface area (Å²) in [6, 6.07) is 5.45. The van der Waals surface area contributed by atoms with E-state index in [1.807, 2.05) is 30.0 Å².